The average molecular weight is 437 g/mol. The molecule has 0 spiro atoms. The number of alkyl halides is 3. The molecule has 140 valence electrons. The first-order chi connectivity index (χ1) is 12.8. The highest BCUT2D eigenvalue weighted by Crippen LogP contribution is 2.40. The molecule has 0 aliphatic carbocycles. The largest absolute Gasteiger partial charge is 0.416 e. The van der Waals surface area contributed by atoms with Gasteiger partial charge in [0.1, 0.15) is 0 Å². The number of nitrogens with one attached hydrogen (secondary N) is 1. The molecule has 3 aromatic rings. The van der Waals surface area contributed by atoms with Crippen LogP contribution in [0.15, 0.2) is 46.9 Å². The van der Waals surface area contributed by atoms with E-state index in [4.69, 9.17) is 0 Å². The fraction of sp³-hybridized carbons (Fsp3) is 0.250. The Balaban J connectivity index is 1.92. The van der Waals surface area contributed by atoms with Crippen LogP contribution < -0.4 is 0 Å². The van der Waals surface area contributed by atoms with E-state index in [0.29, 0.717) is 18.5 Å². The number of rotatable bonds is 1. The van der Waals surface area contributed by atoms with E-state index in [2.05, 4.69) is 20.9 Å². The van der Waals surface area contributed by atoms with Crippen molar-refractivity contribution >= 4 is 32.7 Å². The van der Waals surface area contributed by atoms with Gasteiger partial charge in [0.2, 0.25) is 5.91 Å². The van der Waals surface area contributed by atoms with Gasteiger partial charge in [-0.05, 0) is 47.9 Å². The van der Waals surface area contributed by atoms with Crippen LogP contribution in [0.3, 0.4) is 0 Å². The van der Waals surface area contributed by atoms with Gasteiger partial charge in [-0.2, -0.15) is 13.2 Å². The van der Waals surface area contributed by atoms with E-state index in [0.717, 1.165) is 38.8 Å². The second kappa shape index (κ2) is 6.41. The number of halogens is 4. The van der Waals surface area contributed by atoms with Crippen molar-refractivity contribution in [2.45, 2.75) is 25.6 Å². The molecule has 1 N–H and O–H groups in total. The summed E-state index contributed by atoms with van der Waals surface area (Å²) in [5.41, 5.74) is 2.47. The number of amides is 1. The number of H-pyrrole nitrogens is 1. The van der Waals surface area contributed by atoms with Crippen molar-refractivity contribution < 1.29 is 18.0 Å². The van der Waals surface area contributed by atoms with E-state index in [-0.39, 0.29) is 5.91 Å². The van der Waals surface area contributed by atoms with E-state index in [9.17, 15) is 18.0 Å². The standard InChI is InChI=1S/C20H16BrF3N2O/c1-11(27)26-8-7-15-16-10-14(21)5-6-17(16)25-18(15)19(26)12-3-2-4-13(9-12)20(22,23)24/h2-6,9-10,19,25H,7-8H2,1H3. The van der Waals surface area contributed by atoms with Gasteiger partial charge < -0.3 is 9.88 Å². The lowest BCUT2D eigenvalue weighted by molar-refractivity contribution is -0.137. The van der Waals surface area contributed by atoms with Crippen molar-refractivity contribution in [1.82, 2.24) is 9.88 Å². The molecule has 0 radical (unpaired) electrons. The number of benzene rings is 2. The third kappa shape index (κ3) is 3.14. The van der Waals surface area contributed by atoms with Crippen molar-refractivity contribution in [3.63, 3.8) is 0 Å². The zero-order chi connectivity index (χ0) is 19.3. The Kier molecular flexibility index (Phi) is 4.29. The van der Waals surface area contributed by atoms with Crippen molar-refractivity contribution in [1.29, 1.82) is 0 Å². The molecular weight excluding hydrogens is 421 g/mol. The fourth-order valence-electron chi connectivity index (χ4n) is 3.83. The highest BCUT2D eigenvalue weighted by atomic mass is 79.9. The van der Waals surface area contributed by atoms with Crippen LogP contribution in [-0.4, -0.2) is 22.3 Å². The fourth-order valence-corrected chi connectivity index (χ4v) is 4.19. The Morgan fingerprint density at radius 2 is 2.00 bits per heavy atom. The molecule has 1 aliphatic heterocycles. The molecule has 2 aromatic carbocycles. The topological polar surface area (TPSA) is 36.1 Å². The van der Waals surface area contributed by atoms with Gasteiger partial charge in [-0.1, -0.05) is 28.1 Å². The lowest BCUT2D eigenvalue weighted by Crippen LogP contribution is -2.39. The Bertz CT molecular complexity index is 1040. The molecule has 27 heavy (non-hydrogen) atoms. The summed E-state index contributed by atoms with van der Waals surface area (Å²) in [5, 5.41) is 1.03. The summed E-state index contributed by atoms with van der Waals surface area (Å²) in [6, 6.07) is 10.5. The summed E-state index contributed by atoms with van der Waals surface area (Å²) in [7, 11) is 0. The van der Waals surface area contributed by atoms with Gasteiger partial charge in [0.05, 0.1) is 11.6 Å². The van der Waals surface area contributed by atoms with Crippen LogP contribution in [0.1, 0.15) is 35.3 Å². The van der Waals surface area contributed by atoms with Gasteiger partial charge in [-0.25, -0.2) is 0 Å². The van der Waals surface area contributed by atoms with Gasteiger partial charge in [-0.15, -0.1) is 0 Å². The zero-order valence-corrected chi connectivity index (χ0v) is 16.0. The number of hydrogen-bond donors (Lipinski definition) is 1. The smallest absolute Gasteiger partial charge is 0.356 e. The SMILES string of the molecule is CC(=O)N1CCc2c([nH]c3ccc(Br)cc23)C1c1cccc(C(F)(F)F)c1. The normalized spacial score (nSPS) is 17.2. The Hall–Kier alpha value is -2.28. The molecule has 0 saturated heterocycles. The van der Waals surface area contributed by atoms with Crippen LogP contribution in [-0.2, 0) is 17.4 Å². The Morgan fingerprint density at radius 1 is 1.22 bits per heavy atom. The number of aromatic nitrogens is 1. The van der Waals surface area contributed by atoms with Crippen LogP contribution >= 0.6 is 15.9 Å². The Morgan fingerprint density at radius 3 is 2.70 bits per heavy atom. The van der Waals surface area contributed by atoms with E-state index in [1.165, 1.54) is 13.0 Å². The van der Waals surface area contributed by atoms with Crippen LogP contribution in [0.5, 0.6) is 0 Å². The van der Waals surface area contributed by atoms with Crippen molar-refractivity contribution in [2.75, 3.05) is 6.54 Å². The number of carbonyl (C=O) groups excluding carboxylic acids is 1. The number of hydrogen-bond acceptors (Lipinski definition) is 1. The highest BCUT2D eigenvalue weighted by Gasteiger charge is 2.36. The minimum atomic E-state index is -4.43. The van der Waals surface area contributed by atoms with E-state index >= 15 is 0 Å². The molecule has 1 atom stereocenters. The number of fused-ring (bicyclic) bond motifs is 3. The maximum atomic E-state index is 13.2. The molecule has 4 rings (SSSR count). The minimum Gasteiger partial charge on any atom is -0.356 e. The second-order valence-electron chi connectivity index (χ2n) is 6.70. The van der Waals surface area contributed by atoms with Crippen molar-refractivity contribution in [2.24, 2.45) is 0 Å². The molecule has 0 bridgehead atoms. The van der Waals surface area contributed by atoms with Crippen LogP contribution in [0.25, 0.3) is 10.9 Å². The molecule has 0 saturated carbocycles. The molecule has 1 amide bonds. The monoisotopic (exact) mass is 436 g/mol. The highest BCUT2D eigenvalue weighted by molar-refractivity contribution is 9.10. The van der Waals surface area contributed by atoms with Crippen molar-refractivity contribution in [3.05, 3.63) is 69.3 Å². The predicted molar refractivity (Wildman–Crippen MR) is 100 cm³/mol. The number of aromatic amines is 1. The Labute approximate surface area is 162 Å². The van der Waals surface area contributed by atoms with Crippen LogP contribution in [0.2, 0.25) is 0 Å². The summed E-state index contributed by atoms with van der Waals surface area (Å²) in [4.78, 5) is 17.2. The molecule has 1 unspecified atom stereocenters. The third-order valence-electron chi connectivity index (χ3n) is 5.02. The van der Waals surface area contributed by atoms with Gasteiger partial charge >= 0.3 is 6.18 Å². The third-order valence-corrected chi connectivity index (χ3v) is 5.52. The maximum Gasteiger partial charge on any atom is 0.416 e. The van der Waals surface area contributed by atoms with Gasteiger partial charge in [0, 0.05) is 34.5 Å². The van der Waals surface area contributed by atoms with Crippen LogP contribution in [0.4, 0.5) is 13.2 Å². The first-order valence-electron chi connectivity index (χ1n) is 8.50. The van der Waals surface area contributed by atoms with Gasteiger partial charge in [0.25, 0.3) is 0 Å². The summed E-state index contributed by atoms with van der Waals surface area (Å²) >= 11 is 3.47. The summed E-state index contributed by atoms with van der Waals surface area (Å²) in [6.45, 7) is 1.91. The number of carbonyl (C=O) groups is 1. The lowest BCUT2D eigenvalue weighted by Gasteiger charge is -2.35. The molecule has 7 heteroatoms. The summed E-state index contributed by atoms with van der Waals surface area (Å²) < 4.78 is 40.5. The van der Waals surface area contributed by atoms with E-state index in [1.54, 1.807) is 11.0 Å². The molecule has 0 fully saturated rings. The van der Waals surface area contributed by atoms with E-state index < -0.39 is 17.8 Å². The van der Waals surface area contributed by atoms with Gasteiger partial charge in [0.15, 0.2) is 0 Å². The summed E-state index contributed by atoms with van der Waals surface area (Å²) in [6.07, 6.45) is -3.78. The van der Waals surface area contributed by atoms with Gasteiger partial charge in [-0.3, -0.25) is 4.79 Å². The quantitative estimate of drug-likeness (QED) is 0.541. The first-order valence-corrected chi connectivity index (χ1v) is 9.29. The predicted octanol–water partition coefficient (Wildman–Crippen LogP) is 5.44. The second-order valence-corrected chi connectivity index (χ2v) is 7.61. The average Bonchev–Trinajstić information content (AvgIpc) is 2.98. The molecule has 3 nitrogen and oxygen atoms in total. The molecule has 1 aliphatic rings. The first kappa shape index (κ1) is 18.1. The minimum absolute atomic E-state index is 0.164. The molecule has 1 aromatic heterocycles. The number of nitrogens with zero attached hydrogens (tertiary/aromatic N) is 1. The maximum absolute atomic E-state index is 13.2. The molecular formula is C20H16BrF3N2O. The summed E-state index contributed by atoms with van der Waals surface area (Å²) in [5.74, 6) is -0.164. The lowest BCUT2D eigenvalue weighted by atomic mass is 9.91. The van der Waals surface area contributed by atoms with Crippen molar-refractivity contribution in [3.8, 4) is 0 Å². The van der Waals surface area contributed by atoms with Crippen LogP contribution in [0, 0.1) is 0 Å². The zero-order valence-electron chi connectivity index (χ0n) is 14.4. The molecule has 2 heterocycles. The van der Waals surface area contributed by atoms with E-state index in [1.807, 2.05) is 18.2 Å².